The zero-order valence-electron chi connectivity index (χ0n) is 23.3. The molecule has 7 heteroatoms. The van der Waals surface area contributed by atoms with Crippen molar-refractivity contribution in [1.29, 1.82) is 0 Å². The molecule has 0 radical (unpaired) electrons. The van der Waals surface area contributed by atoms with E-state index in [0.29, 0.717) is 11.8 Å². The fraction of sp³-hybridized carbons (Fsp3) is 0.394. The van der Waals surface area contributed by atoms with E-state index in [0.717, 1.165) is 45.0 Å². The first-order chi connectivity index (χ1) is 19.6. The van der Waals surface area contributed by atoms with Crippen LogP contribution < -0.4 is 11.1 Å². The number of nitrogens with two attached hydrogens (primary N) is 1. The Labute approximate surface area is 237 Å². The van der Waals surface area contributed by atoms with Crippen LogP contribution in [0.25, 0.3) is 27.9 Å². The summed E-state index contributed by atoms with van der Waals surface area (Å²) in [6, 6.07) is 21.1. The zero-order valence-corrected chi connectivity index (χ0v) is 23.3. The summed E-state index contributed by atoms with van der Waals surface area (Å²) in [4.78, 5) is 17.0. The summed E-state index contributed by atoms with van der Waals surface area (Å²) in [5.41, 5.74) is 12.8. The van der Waals surface area contributed by atoms with Gasteiger partial charge in [-0.15, -0.1) is 0 Å². The van der Waals surface area contributed by atoms with Crippen LogP contribution >= 0.6 is 0 Å². The number of piperazine rings is 1. The highest BCUT2D eigenvalue weighted by Crippen LogP contribution is 2.39. The van der Waals surface area contributed by atoms with Crippen molar-refractivity contribution in [1.82, 2.24) is 25.0 Å². The molecule has 3 N–H and O–H groups in total. The molecule has 1 saturated heterocycles. The average Bonchev–Trinajstić information content (AvgIpc) is 3.40. The molecule has 1 aromatic heterocycles. The molecule has 40 heavy (non-hydrogen) atoms. The maximum absolute atomic E-state index is 6.52. The van der Waals surface area contributed by atoms with Gasteiger partial charge in [0.15, 0.2) is 0 Å². The number of hydrogen-bond donors (Lipinski definition) is 2. The van der Waals surface area contributed by atoms with Gasteiger partial charge in [-0.25, -0.2) is 9.98 Å². The molecule has 1 saturated carbocycles. The molecule has 0 amide bonds. The fourth-order valence-corrected chi connectivity index (χ4v) is 6.92. The van der Waals surface area contributed by atoms with E-state index in [1.807, 2.05) is 12.3 Å². The number of likely N-dealkylation sites (N-methyl/N-ethyl adjacent to an activating group) is 1. The molecule has 3 aliphatic heterocycles. The fourth-order valence-electron chi connectivity index (χ4n) is 6.92. The molecule has 0 spiro atoms. The minimum atomic E-state index is 0.194. The summed E-state index contributed by atoms with van der Waals surface area (Å²) >= 11 is 0. The molecule has 4 heterocycles. The van der Waals surface area contributed by atoms with E-state index in [-0.39, 0.29) is 6.17 Å². The number of amidine groups is 1. The highest BCUT2D eigenvalue weighted by atomic mass is 15.3. The van der Waals surface area contributed by atoms with Gasteiger partial charge in [-0.3, -0.25) is 0 Å². The third-order valence-electron chi connectivity index (χ3n) is 9.27. The Morgan fingerprint density at radius 2 is 1.68 bits per heavy atom. The quantitative estimate of drug-likeness (QED) is 0.496. The van der Waals surface area contributed by atoms with E-state index in [9.17, 15) is 0 Å². The Bertz CT molecular complexity index is 1460. The Morgan fingerprint density at radius 3 is 2.48 bits per heavy atom. The predicted octanol–water partition coefficient (Wildman–Crippen LogP) is 4.70. The number of rotatable bonds is 5. The molecule has 1 aliphatic carbocycles. The number of fused-ring (bicyclic) bond motifs is 2. The molecular weight excluding hydrogens is 494 g/mol. The van der Waals surface area contributed by atoms with Crippen molar-refractivity contribution >= 4 is 22.4 Å². The third kappa shape index (κ3) is 4.88. The normalized spacial score (nSPS) is 25.7. The molecule has 2 fully saturated rings. The second-order valence-corrected chi connectivity index (χ2v) is 11.9. The number of nitrogens with one attached hydrogen (secondary N) is 1. The van der Waals surface area contributed by atoms with Crippen LogP contribution in [0.2, 0.25) is 0 Å². The first kappa shape index (κ1) is 25.3. The van der Waals surface area contributed by atoms with E-state index >= 15 is 0 Å². The van der Waals surface area contributed by atoms with Gasteiger partial charge in [-0.1, -0.05) is 48.5 Å². The smallest absolute Gasteiger partial charge is 0.149 e. The lowest BCUT2D eigenvalue weighted by atomic mass is 9.80. The van der Waals surface area contributed by atoms with Crippen LogP contribution in [-0.2, 0) is 0 Å². The van der Waals surface area contributed by atoms with Crippen LogP contribution in [0.3, 0.4) is 0 Å². The topological polar surface area (TPSA) is 73.0 Å². The monoisotopic (exact) mass is 533 g/mol. The van der Waals surface area contributed by atoms with E-state index in [4.69, 9.17) is 10.7 Å². The van der Waals surface area contributed by atoms with E-state index in [1.165, 1.54) is 58.4 Å². The van der Waals surface area contributed by atoms with Crippen LogP contribution in [-0.4, -0.2) is 71.5 Å². The average molecular weight is 534 g/mol. The molecule has 2 aromatic carbocycles. The van der Waals surface area contributed by atoms with Gasteiger partial charge < -0.3 is 25.8 Å². The maximum atomic E-state index is 6.52. The number of aromatic nitrogens is 1. The largest absolute Gasteiger partial charge is 0.382 e. The lowest BCUT2D eigenvalue weighted by Gasteiger charge is -2.39. The molecular formula is C33H39N7. The molecule has 0 bridgehead atoms. The molecule has 3 aromatic rings. The van der Waals surface area contributed by atoms with Crippen molar-refractivity contribution in [2.75, 3.05) is 39.8 Å². The molecule has 4 aliphatic rings. The summed E-state index contributed by atoms with van der Waals surface area (Å²) in [7, 11) is 2.23. The summed E-state index contributed by atoms with van der Waals surface area (Å²) in [5, 5.41) is 5.04. The van der Waals surface area contributed by atoms with Crippen molar-refractivity contribution in [2.45, 2.75) is 31.8 Å². The van der Waals surface area contributed by atoms with Gasteiger partial charge in [0, 0.05) is 61.6 Å². The van der Waals surface area contributed by atoms with Crippen molar-refractivity contribution in [3.8, 4) is 11.3 Å². The lowest BCUT2D eigenvalue weighted by Crippen LogP contribution is -2.47. The van der Waals surface area contributed by atoms with Crippen molar-refractivity contribution in [3.05, 3.63) is 84.3 Å². The third-order valence-corrected chi connectivity index (χ3v) is 9.27. The number of aliphatic imine (C=N–C) groups is 1. The van der Waals surface area contributed by atoms with Crippen LogP contribution in [0, 0.1) is 11.8 Å². The first-order valence-corrected chi connectivity index (χ1v) is 14.8. The standard InChI is InChI=1S/C33H39N7/c1-38-17-19-39(20-18-38)22-23-7-9-26(10-8-23)33-37-30(31-32(34)35-15-16-40(31)33)27-12-11-25-13-14-28(36-29(25)21-27)24-5-3-2-4-6-24/h2-6,11-16,21,23,26,33,37H,7-10,17-20,22H2,1H3,(H2,34,35). The summed E-state index contributed by atoms with van der Waals surface area (Å²) in [5.74, 6) is 1.94. The van der Waals surface area contributed by atoms with Crippen molar-refractivity contribution in [2.24, 2.45) is 22.6 Å². The van der Waals surface area contributed by atoms with Gasteiger partial charge in [0.25, 0.3) is 0 Å². The number of pyridine rings is 1. The molecule has 1 unspecified atom stereocenters. The van der Waals surface area contributed by atoms with Gasteiger partial charge >= 0.3 is 0 Å². The zero-order chi connectivity index (χ0) is 27.1. The van der Waals surface area contributed by atoms with E-state index in [1.54, 1.807) is 0 Å². The summed E-state index contributed by atoms with van der Waals surface area (Å²) in [6.07, 6.45) is 9.18. The molecule has 7 rings (SSSR count). The van der Waals surface area contributed by atoms with Gasteiger partial charge in [-0.05, 0) is 56.7 Å². The highest BCUT2D eigenvalue weighted by molar-refractivity contribution is 6.05. The van der Waals surface area contributed by atoms with E-state index in [2.05, 4.69) is 92.9 Å². The van der Waals surface area contributed by atoms with Crippen LogP contribution in [0.15, 0.2) is 83.8 Å². The van der Waals surface area contributed by atoms with Crippen LogP contribution in [0.1, 0.15) is 31.2 Å². The van der Waals surface area contributed by atoms with Gasteiger partial charge in [-0.2, -0.15) is 0 Å². The van der Waals surface area contributed by atoms with Crippen LogP contribution in [0.5, 0.6) is 0 Å². The maximum Gasteiger partial charge on any atom is 0.149 e. The molecule has 7 nitrogen and oxygen atoms in total. The Hall–Kier alpha value is -3.68. The minimum Gasteiger partial charge on any atom is -0.382 e. The number of nitrogens with zero attached hydrogens (tertiary/aromatic N) is 5. The molecule has 206 valence electrons. The van der Waals surface area contributed by atoms with Crippen molar-refractivity contribution < 1.29 is 0 Å². The second kappa shape index (κ2) is 10.7. The Kier molecular flexibility index (Phi) is 6.77. The number of hydrogen-bond acceptors (Lipinski definition) is 7. The lowest BCUT2D eigenvalue weighted by molar-refractivity contribution is 0.106. The molecule has 1 atom stereocenters. The van der Waals surface area contributed by atoms with Crippen LogP contribution in [0.4, 0.5) is 0 Å². The van der Waals surface area contributed by atoms with Gasteiger partial charge in [0.05, 0.1) is 16.9 Å². The van der Waals surface area contributed by atoms with Gasteiger partial charge in [0.1, 0.15) is 17.7 Å². The first-order valence-electron chi connectivity index (χ1n) is 14.8. The second-order valence-electron chi connectivity index (χ2n) is 11.9. The Morgan fingerprint density at radius 1 is 0.900 bits per heavy atom. The SMILES string of the molecule is CN1CCN(CC2CCC(C3NC(c4ccc5ccc(-c6ccccc6)nc5c4)=C4C(N)=NC=CN43)CC2)CC1. The number of benzene rings is 2. The predicted molar refractivity (Wildman–Crippen MR) is 163 cm³/mol. The summed E-state index contributed by atoms with van der Waals surface area (Å²) in [6.45, 7) is 6.07. The minimum absolute atomic E-state index is 0.194. The highest BCUT2D eigenvalue weighted by Gasteiger charge is 2.40. The van der Waals surface area contributed by atoms with Gasteiger partial charge in [0.2, 0.25) is 0 Å². The summed E-state index contributed by atoms with van der Waals surface area (Å²) < 4.78 is 0. The van der Waals surface area contributed by atoms with Crippen molar-refractivity contribution in [3.63, 3.8) is 0 Å². The van der Waals surface area contributed by atoms with E-state index < -0.39 is 0 Å². The Balaban J connectivity index is 1.11.